The largest absolute Gasteiger partial charge is 0.464 e. The minimum Gasteiger partial charge on any atom is -0.464 e. The summed E-state index contributed by atoms with van der Waals surface area (Å²) in [6, 6.07) is 4.18. The van der Waals surface area contributed by atoms with Crippen molar-refractivity contribution in [3.63, 3.8) is 0 Å². The summed E-state index contributed by atoms with van der Waals surface area (Å²) in [5.74, 6) is 2.69. The molecular weight excluding hydrogens is 150 g/mol. The molecule has 1 aromatic rings. The predicted octanol–water partition coefficient (Wildman–Crippen LogP) is 2.25. The van der Waals surface area contributed by atoms with Crippen molar-refractivity contribution >= 4 is 0 Å². The summed E-state index contributed by atoms with van der Waals surface area (Å²) in [5.41, 5.74) is 5.97. The first kappa shape index (κ1) is 7.87. The average molecular weight is 165 g/mol. The molecule has 12 heavy (non-hydrogen) atoms. The number of furan rings is 1. The van der Waals surface area contributed by atoms with E-state index in [2.05, 4.69) is 6.92 Å². The summed E-state index contributed by atoms with van der Waals surface area (Å²) in [5, 5.41) is 0. The molecule has 1 fully saturated rings. The fraction of sp³-hybridized carbons (Fsp3) is 0.600. The lowest BCUT2D eigenvalue weighted by molar-refractivity contribution is 0.417. The van der Waals surface area contributed by atoms with Crippen molar-refractivity contribution in [2.75, 3.05) is 0 Å². The Morgan fingerprint density at radius 3 is 2.83 bits per heavy atom. The molecule has 0 aromatic carbocycles. The molecule has 1 saturated carbocycles. The number of aryl methyl sites for hydroxylation is 1. The lowest BCUT2D eigenvalue weighted by atomic mass is 10.1. The molecule has 0 amide bonds. The fourth-order valence-electron chi connectivity index (χ4n) is 1.45. The predicted molar refractivity (Wildman–Crippen MR) is 47.7 cm³/mol. The molecule has 0 radical (unpaired) electrons. The monoisotopic (exact) mass is 165 g/mol. The Hall–Kier alpha value is -0.760. The van der Waals surface area contributed by atoms with Crippen LogP contribution in [0.25, 0.3) is 0 Å². The molecule has 0 aliphatic heterocycles. The van der Waals surface area contributed by atoms with Crippen molar-refractivity contribution < 1.29 is 4.42 Å². The average Bonchev–Trinajstić information content (AvgIpc) is 2.82. The Kier molecular flexibility index (Phi) is 1.93. The molecule has 1 aromatic heterocycles. The first-order chi connectivity index (χ1) is 5.81. The standard InChI is InChI=1S/C10H15NO/c1-2-8-5-6-9(12-8)10(11)7-3-4-7/h5-7,10H,2-4,11H2,1H3. The van der Waals surface area contributed by atoms with E-state index in [1.54, 1.807) is 0 Å². The third-order valence-corrected chi connectivity index (χ3v) is 2.49. The quantitative estimate of drug-likeness (QED) is 0.746. The van der Waals surface area contributed by atoms with Gasteiger partial charge in [-0.1, -0.05) is 6.92 Å². The highest BCUT2D eigenvalue weighted by atomic mass is 16.3. The Labute approximate surface area is 72.7 Å². The van der Waals surface area contributed by atoms with E-state index in [9.17, 15) is 0 Å². The van der Waals surface area contributed by atoms with Crippen LogP contribution in [0, 0.1) is 5.92 Å². The maximum absolute atomic E-state index is 5.97. The van der Waals surface area contributed by atoms with Crippen LogP contribution in [0.2, 0.25) is 0 Å². The third kappa shape index (κ3) is 1.39. The van der Waals surface area contributed by atoms with Crippen LogP contribution in [0.3, 0.4) is 0 Å². The molecule has 2 nitrogen and oxygen atoms in total. The van der Waals surface area contributed by atoms with Crippen LogP contribution in [0.4, 0.5) is 0 Å². The summed E-state index contributed by atoms with van der Waals surface area (Å²) in [6.45, 7) is 2.09. The van der Waals surface area contributed by atoms with Crippen molar-refractivity contribution in [2.24, 2.45) is 11.7 Å². The molecule has 66 valence electrons. The van der Waals surface area contributed by atoms with Crippen molar-refractivity contribution in [3.05, 3.63) is 23.7 Å². The van der Waals surface area contributed by atoms with Gasteiger partial charge < -0.3 is 10.2 Å². The number of hydrogen-bond acceptors (Lipinski definition) is 2. The lowest BCUT2D eigenvalue weighted by Crippen LogP contribution is -2.10. The molecule has 1 aliphatic carbocycles. The minimum atomic E-state index is 0.144. The zero-order valence-corrected chi connectivity index (χ0v) is 7.42. The highest BCUT2D eigenvalue weighted by molar-refractivity contribution is 5.12. The van der Waals surface area contributed by atoms with E-state index in [0.717, 1.165) is 17.9 Å². The van der Waals surface area contributed by atoms with Gasteiger partial charge in [0, 0.05) is 6.42 Å². The molecule has 2 rings (SSSR count). The maximum atomic E-state index is 5.97. The van der Waals surface area contributed by atoms with Crippen molar-refractivity contribution in [1.29, 1.82) is 0 Å². The van der Waals surface area contributed by atoms with Gasteiger partial charge >= 0.3 is 0 Å². The summed E-state index contributed by atoms with van der Waals surface area (Å²) in [7, 11) is 0. The van der Waals surface area contributed by atoms with Gasteiger partial charge in [-0.15, -0.1) is 0 Å². The van der Waals surface area contributed by atoms with Crippen molar-refractivity contribution in [3.8, 4) is 0 Å². The van der Waals surface area contributed by atoms with Crippen molar-refractivity contribution in [2.45, 2.75) is 32.2 Å². The van der Waals surface area contributed by atoms with Gasteiger partial charge in [-0.25, -0.2) is 0 Å². The third-order valence-electron chi connectivity index (χ3n) is 2.49. The Morgan fingerprint density at radius 1 is 1.58 bits per heavy atom. The van der Waals surface area contributed by atoms with Crippen LogP contribution in [0.15, 0.2) is 16.5 Å². The number of nitrogens with two attached hydrogens (primary N) is 1. The van der Waals surface area contributed by atoms with Gasteiger partial charge in [-0.05, 0) is 30.9 Å². The van der Waals surface area contributed by atoms with E-state index in [1.807, 2.05) is 12.1 Å². The first-order valence-corrected chi connectivity index (χ1v) is 4.65. The van der Waals surface area contributed by atoms with Gasteiger partial charge in [0.25, 0.3) is 0 Å². The zero-order valence-electron chi connectivity index (χ0n) is 7.42. The van der Waals surface area contributed by atoms with E-state index < -0.39 is 0 Å². The van der Waals surface area contributed by atoms with Gasteiger partial charge in [0.2, 0.25) is 0 Å². The van der Waals surface area contributed by atoms with Crippen LogP contribution in [-0.2, 0) is 6.42 Å². The second kappa shape index (κ2) is 2.94. The normalized spacial score (nSPS) is 19.5. The number of hydrogen-bond donors (Lipinski definition) is 1. The Balaban J connectivity index is 2.10. The summed E-state index contributed by atoms with van der Waals surface area (Å²) in [6.07, 6.45) is 3.49. The smallest absolute Gasteiger partial charge is 0.121 e. The molecule has 0 bridgehead atoms. The zero-order chi connectivity index (χ0) is 8.55. The molecule has 1 atom stereocenters. The summed E-state index contributed by atoms with van der Waals surface area (Å²) >= 11 is 0. The van der Waals surface area contributed by atoms with E-state index in [4.69, 9.17) is 10.2 Å². The van der Waals surface area contributed by atoms with Crippen LogP contribution >= 0.6 is 0 Å². The van der Waals surface area contributed by atoms with Gasteiger partial charge in [0.05, 0.1) is 6.04 Å². The summed E-state index contributed by atoms with van der Waals surface area (Å²) < 4.78 is 5.57. The van der Waals surface area contributed by atoms with Crippen LogP contribution in [0.1, 0.15) is 37.3 Å². The van der Waals surface area contributed by atoms with Gasteiger partial charge in [-0.3, -0.25) is 0 Å². The molecule has 0 spiro atoms. The maximum Gasteiger partial charge on any atom is 0.121 e. The first-order valence-electron chi connectivity index (χ1n) is 4.65. The van der Waals surface area contributed by atoms with E-state index in [-0.39, 0.29) is 6.04 Å². The highest BCUT2D eigenvalue weighted by Crippen LogP contribution is 2.39. The van der Waals surface area contributed by atoms with Crippen LogP contribution in [-0.4, -0.2) is 0 Å². The van der Waals surface area contributed by atoms with Crippen LogP contribution in [0.5, 0.6) is 0 Å². The minimum absolute atomic E-state index is 0.144. The van der Waals surface area contributed by atoms with E-state index in [1.165, 1.54) is 12.8 Å². The van der Waals surface area contributed by atoms with E-state index >= 15 is 0 Å². The van der Waals surface area contributed by atoms with E-state index in [0.29, 0.717) is 5.92 Å². The summed E-state index contributed by atoms with van der Waals surface area (Å²) in [4.78, 5) is 0. The van der Waals surface area contributed by atoms with Gasteiger partial charge in [0.15, 0.2) is 0 Å². The second-order valence-corrected chi connectivity index (χ2v) is 3.52. The number of rotatable bonds is 3. The van der Waals surface area contributed by atoms with Gasteiger partial charge in [0.1, 0.15) is 11.5 Å². The topological polar surface area (TPSA) is 39.2 Å². The lowest BCUT2D eigenvalue weighted by Gasteiger charge is -2.05. The molecule has 1 aliphatic rings. The molecule has 2 N–H and O–H groups in total. The fourth-order valence-corrected chi connectivity index (χ4v) is 1.45. The molecular formula is C10H15NO. The van der Waals surface area contributed by atoms with Crippen LogP contribution < -0.4 is 5.73 Å². The Morgan fingerprint density at radius 2 is 2.33 bits per heavy atom. The molecule has 2 heteroatoms. The Bertz CT molecular complexity index is 263. The highest BCUT2D eigenvalue weighted by Gasteiger charge is 2.31. The molecule has 1 unspecified atom stereocenters. The SMILES string of the molecule is CCc1ccc(C(N)C2CC2)o1. The molecule has 0 saturated heterocycles. The van der Waals surface area contributed by atoms with Gasteiger partial charge in [-0.2, -0.15) is 0 Å². The van der Waals surface area contributed by atoms with Crippen molar-refractivity contribution in [1.82, 2.24) is 0 Å². The second-order valence-electron chi connectivity index (χ2n) is 3.52. The molecule has 1 heterocycles.